The summed E-state index contributed by atoms with van der Waals surface area (Å²) in [7, 11) is 0. The molecular weight excluding hydrogens is 321 g/mol. The summed E-state index contributed by atoms with van der Waals surface area (Å²) >= 11 is 3.36. The lowest BCUT2D eigenvalue weighted by atomic mass is 9.91. The van der Waals surface area contributed by atoms with Crippen LogP contribution in [0.3, 0.4) is 0 Å². The van der Waals surface area contributed by atoms with Gasteiger partial charge in [0.2, 0.25) is 0 Å². The van der Waals surface area contributed by atoms with E-state index in [-0.39, 0.29) is 5.78 Å². The molecule has 4 heteroatoms. The van der Waals surface area contributed by atoms with E-state index in [9.17, 15) is 14.4 Å². The summed E-state index contributed by atoms with van der Waals surface area (Å²) in [5.74, 6) is -1.78. The summed E-state index contributed by atoms with van der Waals surface area (Å²) < 4.78 is 14.1. The van der Waals surface area contributed by atoms with Gasteiger partial charge in [0.15, 0.2) is 5.78 Å². The van der Waals surface area contributed by atoms with E-state index in [0.717, 1.165) is 10.0 Å². The average Bonchev–Trinajstić information content (AvgIpc) is 2.42. The summed E-state index contributed by atoms with van der Waals surface area (Å²) in [6, 6.07) is 12.7. The maximum absolute atomic E-state index is 13.2. The van der Waals surface area contributed by atoms with Gasteiger partial charge >= 0.3 is 0 Å². The second-order valence-electron chi connectivity index (χ2n) is 4.45. The van der Waals surface area contributed by atoms with Crippen molar-refractivity contribution in [3.8, 4) is 6.07 Å². The molecule has 0 radical (unpaired) electrons. The third kappa shape index (κ3) is 2.94. The second kappa shape index (κ2) is 5.98. The number of carbonyl (C=O) groups is 1. The van der Waals surface area contributed by atoms with Crippen LogP contribution in [0.15, 0.2) is 46.9 Å². The van der Waals surface area contributed by atoms with Gasteiger partial charge in [-0.15, -0.1) is 0 Å². The third-order valence-electron chi connectivity index (χ3n) is 3.02. The van der Waals surface area contributed by atoms with Crippen molar-refractivity contribution in [2.24, 2.45) is 0 Å². The van der Waals surface area contributed by atoms with Gasteiger partial charge in [-0.1, -0.05) is 34.1 Å². The number of nitrogens with zero attached hydrogens (tertiary/aromatic N) is 1. The molecule has 2 nitrogen and oxygen atoms in total. The fourth-order valence-electron chi connectivity index (χ4n) is 1.94. The molecule has 2 aromatic rings. The molecule has 0 fully saturated rings. The molecule has 2 rings (SSSR count). The predicted octanol–water partition coefficient (Wildman–Crippen LogP) is 4.39. The highest BCUT2D eigenvalue weighted by atomic mass is 79.9. The number of benzene rings is 2. The zero-order chi connectivity index (χ0) is 14.7. The number of hydrogen-bond acceptors (Lipinski definition) is 2. The van der Waals surface area contributed by atoms with E-state index in [1.54, 1.807) is 24.3 Å². The minimum absolute atomic E-state index is 0.325. The van der Waals surface area contributed by atoms with E-state index >= 15 is 0 Å². The summed E-state index contributed by atoms with van der Waals surface area (Å²) in [4.78, 5) is 12.4. The molecule has 0 aliphatic carbocycles. The molecule has 0 aliphatic rings. The molecule has 0 amide bonds. The molecule has 1 atom stereocenters. The van der Waals surface area contributed by atoms with Crippen molar-refractivity contribution in [2.45, 2.75) is 12.8 Å². The molecule has 0 bridgehead atoms. The predicted molar refractivity (Wildman–Crippen MR) is 78.0 cm³/mol. The van der Waals surface area contributed by atoms with Crippen molar-refractivity contribution in [3.05, 3.63) is 69.4 Å². The summed E-state index contributed by atoms with van der Waals surface area (Å²) in [6.07, 6.45) is 0. The maximum atomic E-state index is 13.2. The number of nitriles is 1. The molecule has 20 heavy (non-hydrogen) atoms. The molecule has 0 N–H and O–H groups in total. The zero-order valence-corrected chi connectivity index (χ0v) is 12.3. The van der Waals surface area contributed by atoms with Crippen molar-refractivity contribution < 1.29 is 9.18 Å². The summed E-state index contributed by atoms with van der Waals surface area (Å²) in [6.45, 7) is 1.87. The minimum Gasteiger partial charge on any atom is -0.292 e. The van der Waals surface area contributed by atoms with Gasteiger partial charge in [-0.05, 0) is 42.3 Å². The Morgan fingerprint density at radius 2 is 2.05 bits per heavy atom. The van der Waals surface area contributed by atoms with Crippen LogP contribution < -0.4 is 0 Å². The number of hydrogen-bond donors (Lipinski definition) is 0. The van der Waals surface area contributed by atoms with Gasteiger partial charge in [-0.25, -0.2) is 4.39 Å². The van der Waals surface area contributed by atoms with Crippen LogP contribution in [-0.2, 0) is 0 Å². The zero-order valence-electron chi connectivity index (χ0n) is 10.7. The van der Waals surface area contributed by atoms with Gasteiger partial charge in [0.1, 0.15) is 11.7 Å². The van der Waals surface area contributed by atoms with Gasteiger partial charge in [0, 0.05) is 10.0 Å². The largest absolute Gasteiger partial charge is 0.292 e. The number of carbonyl (C=O) groups excluding carboxylic acids is 1. The van der Waals surface area contributed by atoms with Crippen molar-refractivity contribution >= 4 is 21.7 Å². The number of rotatable bonds is 3. The summed E-state index contributed by atoms with van der Waals surface area (Å²) in [5.41, 5.74) is 1.73. The Bertz CT molecular complexity index is 706. The topological polar surface area (TPSA) is 40.9 Å². The van der Waals surface area contributed by atoms with E-state index in [1.165, 1.54) is 18.2 Å². The number of aryl methyl sites for hydroxylation is 1. The lowest BCUT2D eigenvalue weighted by Gasteiger charge is -2.10. The van der Waals surface area contributed by atoms with Gasteiger partial charge in [-0.3, -0.25) is 4.79 Å². The maximum Gasteiger partial charge on any atom is 0.184 e. The highest BCUT2D eigenvalue weighted by molar-refractivity contribution is 9.10. The Hall–Kier alpha value is -1.99. The molecule has 0 saturated heterocycles. The lowest BCUT2D eigenvalue weighted by Crippen LogP contribution is -2.11. The van der Waals surface area contributed by atoms with Gasteiger partial charge in [0.25, 0.3) is 0 Å². The van der Waals surface area contributed by atoms with Gasteiger partial charge in [0.05, 0.1) is 6.07 Å². The first-order valence-electron chi connectivity index (χ1n) is 5.98. The Kier molecular flexibility index (Phi) is 4.31. The molecule has 0 spiro atoms. The first-order valence-corrected chi connectivity index (χ1v) is 6.77. The fraction of sp³-hybridized carbons (Fsp3) is 0.125. The smallest absolute Gasteiger partial charge is 0.184 e. The van der Waals surface area contributed by atoms with Crippen molar-refractivity contribution in [3.63, 3.8) is 0 Å². The van der Waals surface area contributed by atoms with Gasteiger partial charge in [-0.2, -0.15) is 5.26 Å². The molecule has 0 aromatic heterocycles. The van der Waals surface area contributed by atoms with Crippen molar-refractivity contribution in [1.29, 1.82) is 5.26 Å². The number of Topliss-reactive ketones (excluding diaryl/α,β-unsaturated/α-hetero) is 1. The van der Waals surface area contributed by atoms with E-state index in [2.05, 4.69) is 15.9 Å². The Morgan fingerprint density at radius 1 is 1.30 bits per heavy atom. The molecule has 2 aromatic carbocycles. The number of halogens is 2. The minimum atomic E-state index is -0.994. The molecule has 0 heterocycles. The first-order chi connectivity index (χ1) is 9.52. The van der Waals surface area contributed by atoms with Crippen LogP contribution in [0.5, 0.6) is 0 Å². The van der Waals surface area contributed by atoms with Crippen LogP contribution in [0.25, 0.3) is 0 Å². The molecule has 100 valence electrons. The Balaban J connectivity index is 2.39. The lowest BCUT2D eigenvalue weighted by molar-refractivity contribution is 0.0978. The molecule has 0 aliphatic heterocycles. The normalized spacial score (nSPS) is 11.7. The van der Waals surface area contributed by atoms with Crippen LogP contribution in [0.1, 0.15) is 27.4 Å². The van der Waals surface area contributed by atoms with Crippen LogP contribution in [0.4, 0.5) is 4.39 Å². The van der Waals surface area contributed by atoms with E-state index < -0.39 is 11.7 Å². The van der Waals surface area contributed by atoms with Crippen LogP contribution in [0.2, 0.25) is 0 Å². The second-order valence-corrected chi connectivity index (χ2v) is 5.30. The Morgan fingerprint density at radius 3 is 2.65 bits per heavy atom. The average molecular weight is 332 g/mol. The van der Waals surface area contributed by atoms with Gasteiger partial charge < -0.3 is 0 Å². The highest BCUT2D eigenvalue weighted by Crippen LogP contribution is 2.24. The standard InChI is InChI=1S/C16H11BrFNO/c1-10-7-12(5-6-15(10)17)16(20)14(9-19)11-3-2-4-13(18)8-11/h2-8,14H,1H3. The first kappa shape index (κ1) is 14.4. The van der Waals surface area contributed by atoms with E-state index in [4.69, 9.17) is 0 Å². The highest BCUT2D eigenvalue weighted by Gasteiger charge is 2.22. The molecular formula is C16H11BrFNO. The molecule has 0 saturated carbocycles. The van der Waals surface area contributed by atoms with Crippen LogP contribution in [-0.4, -0.2) is 5.78 Å². The fourth-order valence-corrected chi connectivity index (χ4v) is 2.18. The van der Waals surface area contributed by atoms with Crippen LogP contribution >= 0.6 is 15.9 Å². The quantitative estimate of drug-likeness (QED) is 0.783. The van der Waals surface area contributed by atoms with E-state index in [1.807, 2.05) is 13.0 Å². The van der Waals surface area contributed by atoms with Crippen molar-refractivity contribution in [1.82, 2.24) is 0 Å². The monoisotopic (exact) mass is 331 g/mol. The third-order valence-corrected chi connectivity index (χ3v) is 3.91. The van der Waals surface area contributed by atoms with Crippen molar-refractivity contribution in [2.75, 3.05) is 0 Å². The summed E-state index contributed by atoms with van der Waals surface area (Å²) in [5, 5.41) is 9.22. The SMILES string of the molecule is Cc1cc(C(=O)C(C#N)c2cccc(F)c2)ccc1Br. The van der Waals surface area contributed by atoms with Crippen LogP contribution in [0, 0.1) is 24.1 Å². The van der Waals surface area contributed by atoms with E-state index in [0.29, 0.717) is 11.1 Å². The number of ketones is 1. The molecule has 1 unspecified atom stereocenters. The Labute approximate surface area is 125 Å².